The van der Waals surface area contributed by atoms with Crippen molar-refractivity contribution in [3.63, 3.8) is 0 Å². The second-order valence-corrected chi connectivity index (χ2v) is 15.4. The van der Waals surface area contributed by atoms with Crippen molar-refractivity contribution >= 4 is 47.1 Å². The molecule has 0 aliphatic heterocycles. The molecule has 0 amide bonds. The maximum Gasteiger partial charge on any atom is 0.127 e. The summed E-state index contributed by atoms with van der Waals surface area (Å²) >= 11 is 0. The van der Waals surface area contributed by atoms with E-state index in [2.05, 4.69) is 46.4 Å². The number of azo groups is 2. The monoisotopic (exact) mass is 866 g/mol. The summed E-state index contributed by atoms with van der Waals surface area (Å²) in [5, 5.41) is 28.2. The van der Waals surface area contributed by atoms with Crippen molar-refractivity contribution in [2.75, 3.05) is 53.4 Å². The van der Waals surface area contributed by atoms with Crippen LogP contribution < -0.4 is 9.47 Å². The first-order chi connectivity index (χ1) is 31.6. The number of hydrogen-bond acceptors (Lipinski definition) is 10. The van der Waals surface area contributed by atoms with Gasteiger partial charge in [-0.2, -0.15) is 20.5 Å². The predicted octanol–water partition coefficient (Wildman–Crippen LogP) is 14.5. The van der Waals surface area contributed by atoms with Crippen molar-refractivity contribution in [1.29, 1.82) is 0 Å². The number of nitrogens with zero attached hydrogens (tertiary/aromatic N) is 4. The maximum atomic E-state index is 10.5. The molecule has 0 heterocycles. The molecule has 338 valence electrons. The zero-order chi connectivity index (χ0) is 44.9. The molecule has 10 heteroatoms. The number of aliphatic hydroxyl groups excluding tert-OH is 1. The highest BCUT2D eigenvalue weighted by Crippen LogP contribution is 2.29. The quantitative estimate of drug-likeness (QED) is 0.0279. The molecule has 0 radical (unpaired) electrons. The zero-order valence-corrected chi connectivity index (χ0v) is 38.0. The summed E-state index contributed by atoms with van der Waals surface area (Å²) in [7, 11) is 1.65. The third kappa shape index (κ3) is 18.5. The van der Waals surface area contributed by atoms with Crippen molar-refractivity contribution < 1.29 is 28.8 Å². The molecule has 1 N–H and O–H groups in total. The number of methoxy groups -OCH3 is 1. The van der Waals surface area contributed by atoms with Gasteiger partial charge in [0.15, 0.2) is 0 Å². The van der Waals surface area contributed by atoms with Gasteiger partial charge in [-0.1, -0.05) is 113 Å². The van der Waals surface area contributed by atoms with Gasteiger partial charge in [0, 0.05) is 12.7 Å². The summed E-state index contributed by atoms with van der Waals surface area (Å²) in [5.41, 5.74) is 8.86. The van der Waals surface area contributed by atoms with Gasteiger partial charge >= 0.3 is 0 Å². The SMILES string of the molecule is CCCCCCOc1ccc(N=Nc2ccc(/C=C/c3cc(CO)c(/C=C/c4ccc(N=Nc5ccc(CCCCCC)cc5)cc4)cc3OCCOCCOCCOC)cc2)cc1. The number of ether oxygens (including phenoxy) is 5. The molecular weight excluding hydrogens is 801 g/mol. The highest BCUT2D eigenvalue weighted by molar-refractivity contribution is 5.78. The summed E-state index contributed by atoms with van der Waals surface area (Å²) in [6.07, 6.45) is 18.8. The molecule has 64 heavy (non-hydrogen) atoms. The Labute approximate surface area is 380 Å². The van der Waals surface area contributed by atoms with Crippen LogP contribution in [0.3, 0.4) is 0 Å². The largest absolute Gasteiger partial charge is 0.494 e. The van der Waals surface area contributed by atoms with E-state index in [1.165, 1.54) is 50.5 Å². The van der Waals surface area contributed by atoms with E-state index in [1.54, 1.807) is 7.11 Å². The molecule has 5 rings (SSSR count). The van der Waals surface area contributed by atoms with Crippen LogP contribution in [0.25, 0.3) is 24.3 Å². The van der Waals surface area contributed by atoms with E-state index < -0.39 is 0 Å². The lowest BCUT2D eigenvalue weighted by molar-refractivity contribution is 0.0179. The second kappa shape index (κ2) is 29.6. The van der Waals surface area contributed by atoms with Crippen molar-refractivity contribution in [3.8, 4) is 11.5 Å². The lowest BCUT2D eigenvalue weighted by Gasteiger charge is -2.14. The average molecular weight is 867 g/mol. The minimum absolute atomic E-state index is 0.138. The normalized spacial score (nSPS) is 11.8. The van der Waals surface area contributed by atoms with E-state index in [9.17, 15) is 5.11 Å². The Kier molecular flexibility index (Phi) is 22.7. The Hall–Kier alpha value is -5.78. The fourth-order valence-electron chi connectivity index (χ4n) is 6.60. The van der Waals surface area contributed by atoms with Gasteiger partial charge in [-0.25, -0.2) is 0 Å². The number of rotatable bonds is 30. The molecule has 5 aromatic carbocycles. The van der Waals surface area contributed by atoms with E-state index in [-0.39, 0.29) is 6.61 Å². The van der Waals surface area contributed by atoms with Crippen LogP contribution in [-0.2, 0) is 27.2 Å². The third-order valence-corrected chi connectivity index (χ3v) is 10.3. The van der Waals surface area contributed by atoms with Crippen LogP contribution in [0.1, 0.15) is 98.6 Å². The first-order valence-electron chi connectivity index (χ1n) is 22.8. The topological polar surface area (TPSA) is 116 Å². The van der Waals surface area contributed by atoms with Gasteiger partial charge in [-0.05, 0) is 120 Å². The molecule has 0 saturated carbocycles. The van der Waals surface area contributed by atoms with Gasteiger partial charge in [0.2, 0.25) is 0 Å². The number of aliphatic hydroxyl groups is 1. The summed E-state index contributed by atoms with van der Waals surface area (Å²) in [6, 6.07) is 35.7. The molecule has 5 aromatic rings. The van der Waals surface area contributed by atoms with E-state index in [0.717, 1.165) is 75.8 Å². The first-order valence-corrected chi connectivity index (χ1v) is 22.8. The van der Waals surface area contributed by atoms with Crippen LogP contribution in [0, 0.1) is 0 Å². The van der Waals surface area contributed by atoms with Gasteiger partial charge in [0.25, 0.3) is 0 Å². The number of hydrogen-bond donors (Lipinski definition) is 1. The lowest BCUT2D eigenvalue weighted by Crippen LogP contribution is -2.12. The van der Waals surface area contributed by atoms with Crippen LogP contribution in [0.5, 0.6) is 11.5 Å². The Morgan fingerprint density at radius 2 is 0.969 bits per heavy atom. The van der Waals surface area contributed by atoms with E-state index in [0.29, 0.717) is 45.4 Å². The molecule has 0 fully saturated rings. The number of unbranched alkanes of at least 4 members (excludes halogenated alkanes) is 6. The second-order valence-electron chi connectivity index (χ2n) is 15.4. The van der Waals surface area contributed by atoms with Crippen molar-refractivity contribution in [3.05, 3.63) is 143 Å². The van der Waals surface area contributed by atoms with E-state index in [4.69, 9.17) is 23.7 Å². The molecule has 0 unspecified atom stereocenters. The minimum atomic E-state index is -0.138. The van der Waals surface area contributed by atoms with Crippen LogP contribution in [0.4, 0.5) is 22.7 Å². The minimum Gasteiger partial charge on any atom is -0.494 e. The molecule has 0 aromatic heterocycles. The fraction of sp³-hybridized carbons (Fsp3) is 0.370. The van der Waals surface area contributed by atoms with Crippen molar-refractivity contribution in [1.82, 2.24) is 0 Å². The van der Waals surface area contributed by atoms with Crippen LogP contribution in [0.2, 0.25) is 0 Å². The van der Waals surface area contributed by atoms with Gasteiger partial charge in [0.05, 0.1) is 69.0 Å². The summed E-state index contributed by atoms with van der Waals surface area (Å²) in [5.74, 6) is 1.52. The molecule has 0 aliphatic rings. The van der Waals surface area contributed by atoms with Crippen molar-refractivity contribution in [2.45, 2.75) is 78.2 Å². The number of benzene rings is 5. The molecule has 0 saturated heterocycles. The smallest absolute Gasteiger partial charge is 0.127 e. The van der Waals surface area contributed by atoms with Crippen molar-refractivity contribution in [2.24, 2.45) is 20.5 Å². The van der Waals surface area contributed by atoms with Crippen LogP contribution in [0.15, 0.2) is 130 Å². The highest BCUT2D eigenvalue weighted by atomic mass is 16.6. The summed E-state index contributed by atoms with van der Waals surface area (Å²) in [4.78, 5) is 0. The molecule has 0 spiro atoms. The van der Waals surface area contributed by atoms with Gasteiger partial charge in [0.1, 0.15) is 18.1 Å². The molecule has 0 atom stereocenters. The summed E-state index contributed by atoms with van der Waals surface area (Å²) in [6.45, 7) is 7.78. The third-order valence-electron chi connectivity index (χ3n) is 10.3. The molecular formula is C54H66N4O6. The Balaban J connectivity index is 1.22. The standard InChI is InChI=1S/C54H66N4O6/c1-4-6-8-10-12-43-15-23-49(24-16-43)55-56-50-25-17-44(18-26-50)13-21-46-41-54(64-39-38-62-37-36-61-35-34-60-3)47(40-48(46)42-59)22-14-45-19-27-51(28-20-45)57-58-52-29-31-53(32-30-52)63-33-11-9-7-5-2/h13-32,40-41,59H,4-12,33-39,42H2,1-3H3/b21-13+,22-14+,56-55?,58-57?. The fourth-order valence-corrected chi connectivity index (χ4v) is 6.60. The Morgan fingerprint density at radius 3 is 1.52 bits per heavy atom. The van der Waals surface area contributed by atoms with Crippen LogP contribution >= 0.6 is 0 Å². The highest BCUT2D eigenvalue weighted by Gasteiger charge is 2.09. The van der Waals surface area contributed by atoms with E-state index in [1.807, 2.05) is 121 Å². The molecule has 0 aliphatic carbocycles. The Morgan fingerprint density at radius 1 is 0.469 bits per heavy atom. The summed E-state index contributed by atoms with van der Waals surface area (Å²) < 4.78 is 28.4. The predicted molar refractivity (Wildman–Crippen MR) is 261 cm³/mol. The van der Waals surface area contributed by atoms with Gasteiger partial charge in [-0.15, -0.1) is 0 Å². The molecule has 10 nitrogen and oxygen atoms in total. The Bertz CT molecular complexity index is 2170. The van der Waals surface area contributed by atoms with Gasteiger partial charge in [-0.3, -0.25) is 0 Å². The van der Waals surface area contributed by atoms with Crippen LogP contribution in [-0.4, -0.2) is 58.5 Å². The zero-order valence-electron chi connectivity index (χ0n) is 38.0. The maximum absolute atomic E-state index is 10.5. The van der Waals surface area contributed by atoms with E-state index >= 15 is 0 Å². The lowest BCUT2D eigenvalue weighted by atomic mass is 10.0. The number of aryl methyl sites for hydroxylation is 1. The average Bonchev–Trinajstić information content (AvgIpc) is 3.33. The first kappa shape index (κ1) is 49.2. The van der Waals surface area contributed by atoms with Gasteiger partial charge < -0.3 is 28.8 Å². The molecule has 0 bridgehead atoms.